The van der Waals surface area contributed by atoms with Crippen LogP contribution in [0.15, 0.2) is 74.4 Å². The summed E-state index contributed by atoms with van der Waals surface area (Å²) < 4.78 is 27.6. The van der Waals surface area contributed by atoms with E-state index in [0.29, 0.717) is 33.6 Å². The van der Waals surface area contributed by atoms with Gasteiger partial charge in [-0.2, -0.15) is 0 Å². The average molecular weight is 456 g/mol. The monoisotopic (exact) mass is 456 g/mol. The number of carbonyl (C=O) groups is 2. The van der Waals surface area contributed by atoms with Crippen LogP contribution >= 0.6 is 0 Å². The number of hydrogen-bond donors (Lipinski definition) is 0. The highest BCUT2D eigenvalue weighted by Gasteiger charge is 2.39. The highest BCUT2D eigenvalue weighted by molar-refractivity contribution is 6.15. The number of ether oxygens (including phenoxy) is 3. The maximum absolute atomic E-state index is 13.5. The van der Waals surface area contributed by atoms with Crippen LogP contribution in [0.4, 0.5) is 0 Å². The molecule has 2 aliphatic heterocycles. The molecule has 0 amide bonds. The molecule has 0 radical (unpaired) electrons. The molecular formula is C26H16O8. The number of rotatable bonds is 3. The molecule has 0 N–H and O–H groups in total. The van der Waals surface area contributed by atoms with Gasteiger partial charge in [-0.1, -0.05) is 0 Å². The summed E-state index contributed by atoms with van der Waals surface area (Å²) in [7, 11) is 1.51. The number of ketones is 1. The van der Waals surface area contributed by atoms with Crippen LogP contribution in [0.1, 0.15) is 39.6 Å². The fraction of sp³-hybridized carbons (Fsp3) is 0.115. The molecule has 1 unspecified atom stereocenters. The van der Waals surface area contributed by atoms with Crippen LogP contribution in [-0.2, 0) is 4.79 Å². The first-order valence-corrected chi connectivity index (χ1v) is 10.5. The van der Waals surface area contributed by atoms with Crippen LogP contribution in [0.25, 0.3) is 17.0 Å². The Hall–Kier alpha value is -4.59. The third kappa shape index (κ3) is 3.03. The number of fused-ring (bicyclic) bond motifs is 4. The first-order valence-electron chi connectivity index (χ1n) is 10.5. The molecule has 2 aliphatic rings. The Balaban J connectivity index is 1.52. The molecule has 34 heavy (non-hydrogen) atoms. The second-order valence-electron chi connectivity index (χ2n) is 7.92. The largest absolute Gasteiger partial charge is 0.497 e. The Morgan fingerprint density at radius 1 is 1.03 bits per heavy atom. The van der Waals surface area contributed by atoms with Gasteiger partial charge < -0.3 is 23.0 Å². The second-order valence-corrected chi connectivity index (χ2v) is 7.92. The quantitative estimate of drug-likeness (QED) is 0.253. The van der Waals surface area contributed by atoms with Crippen molar-refractivity contribution < 1.29 is 32.6 Å². The van der Waals surface area contributed by atoms with Gasteiger partial charge in [-0.05, 0) is 42.5 Å². The van der Waals surface area contributed by atoms with Crippen LogP contribution in [0, 0.1) is 0 Å². The summed E-state index contributed by atoms with van der Waals surface area (Å²) >= 11 is 0. The van der Waals surface area contributed by atoms with Crippen molar-refractivity contribution in [2.24, 2.45) is 0 Å². The fourth-order valence-corrected chi connectivity index (χ4v) is 4.37. The second kappa shape index (κ2) is 7.48. The minimum atomic E-state index is -0.728. The van der Waals surface area contributed by atoms with E-state index in [1.165, 1.54) is 25.7 Å². The molecule has 2 aromatic heterocycles. The van der Waals surface area contributed by atoms with Crippen molar-refractivity contribution in [3.05, 3.63) is 93.4 Å². The van der Waals surface area contributed by atoms with Gasteiger partial charge in [-0.15, -0.1) is 0 Å². The van der Waals surface area contributed by atoms with E-state index >= 15 is 0 Å². The minimum absolute atomic E-state index is 0.0734. The average Bonchev–Trinajstić information content (AvgIpc) is 3.47. The molecule has 168 valence electrons. The summed E-state index contributed by atoms with van der Waals surface area (Å²) in [6.07, 6.45) is 4.22. The van der Waals surface area contributed by atoms with Gasteiger partial charge >= 0.3 is 5.97 Å². The van der Waals surface area contributed by atoms with Gasteiger partial charge in [-0.3, -0.25) is 14.4 Å². The van der Waals surface area contributed by atoms with Gasteiger partial charge in [0, 0.05) is 23.1 Å². The zero-order valence-electron chi connectivity index (χ0n) is 17.8. The third-order valence-corrected chi connectivity index (χ3v) is 5.98. The zero-order valence-corrected chi connectivity index (χ0v) is 17.8. The van der Waals surface area contributed by atoms with E-state index in [1.54, 1.807) is 42.5 Å². The number of furan rings is 1. The Bertz CT molecular complexity index is 1570. The van der Waals surface area contributed by atoms with Crippen molar-refractivity contribution in [3.8, 4) is 17.2 Å². The van der Waals surface area contributed by atoms with Crippen LogP contribution < -0.4 is 19.6 Å². The van der Waals surface area contributed by atoms with Gasteiger partial charge in [0.25, 0.3) is 0 Å². The summed E-state index contributed by atoms with van der Waals surface area (Å²) in [6.45, 7) is 0. The molecule has 0 aliphatic carbocycles. The highest BCUT2D eigenvalue weighted by atomic mass is 16.5. The van der Waals surface area contributed by atoms with Crippen LogP contribution in [0.3, 0.4) is 0 Å². The van der Waals surface area contributed by atoms with Crippen molar-refractivity contribution in [2.75, 3.05) is 7.11 Å². The Labute approximate surface area is 192 Å². The lowest BCUT2D eigenvalue weighted by Gasteiger charge is -2.25. The minimum Gasteiger partial charge on any atom is -0.497 e. The predicted octanol–water partition coefficient (Wildman–Crippen LogP) is 4.45. The van der Waals surface area contributed by atoms with Gasteiger partial charge in [0.2, 0.25) is 5.78 Å². The molecule has 4 heterocycles. The number of esters is 1. The van der Waals surface area contributed by atoms with Crippen LogP contribution in [0.2, 0.25) is 0 Å². The van der Waals surface area contributed by atoms with E-state index in [4.69, 9.17) is 23.0 Å². The van der Waals surface area contributed by atoms with E-state index in [2.05, 4.69) is 0 Å². The summed E-state index contributed by atoms with van der Waals surface area (Å²) in [4.78, 5) is 38.9. The molecule has 0 bridgehead atoms. The number of Topliss-reactive ketones (excluding diaryl/α,β-unsaturated/α-hetero) is 1. The summed E-state index contributed by atoms with van der Waals surface area (Å²) in [6, 6.07) is 11.4. The van der Waals surface area contributed by atoms with Crippen molar-refractivity contribution in [1.82, 2.24) is 0 Å². The first-order chi connectivity index (χ1) is 16.5. The molecule has 1 atom stereocenters. The van der Waals surface area contributed by atoms with Crippen LogP contribution in [-0.4, -0.2) is 18.9 Å². The summed E-state index contributed by atoms with van der Waals surface area (Å²) in [5, 5.41) is 0.320. The molecule has 0 saturated carbocycles. The van der Waals surface area contributed by atoms with E-state index in [1.807, 2.05) is 0 Å². The van der Waals surface area contributed by atoms with Gasteiger partial charge in [0.15, 0.2) is 11.2 Å². The molecule has 8 heteroatoms. The molecule has 8 nitrogen and oxygen atoms in total. The molecular weight excluding hydrogens is 440 g/mol. The van der Waals surface area contributed by atoms with Gasteiger partial charge in [0.05, 0.1) is 37.0 Å². The smallest absolute Gasteiger partial charge is 0.312 e. The molecule has 0 saturated heterocycles. The van der Waals surface area contributed by atoms with E-state index in [9.17, 15) is 14.4 Å². The Morgan fingerprint density at radius 3 is 2.71 bits per heavy atom. The van der Waals surface area contributed by atoms with E-state index in [0.717, 1.165) is 0 Å². The van der Waals surface area contributed by atoms with Crippen molar-refractivity contribution in [1.29, 1.82) is 0 Å². The van der Waals surface area contributed by atoms with Crippen molar-refractivity contribution >= 4 is 28.8 Å². The predicted molar refractivity (Wildman–Crippen MR) is 119 cm³/mol. The maximum atomic E-state index is 13.5. The molecule has 0 spiro atoms. The van der Waals surface area contributed by atoms with E-state index in [-0.39, 0.29) is 40.5 Å². The fourth-order valence-electron chi connectivity index (χ4n) is 4.37. The number of carbonyl (C=O) groups excluding carboxylic acids is 2. The van der Waals surface area contributed by atoms with Crippen LogP contribution in [0.5, 0.6) is 17.2 Å². The number of methoxy groups -OCH3 is 1. The third-order valence-electron chi connectivity index (χ3n) is 5.98. The zero-order chi connectivity index (χ0) is 23.4. The summed E-state index contributed by atoms with van der Waals surface area (Å²) in [5.41, 5.74) is 1.10. The molecule has 2 aromatic carbocycles. The lowest BCUT2D eigenvalue weighted by molar-refractivity contribution is -0.135. The molecule has 6 rings (SSSR count). The van der Waals surface area contributed by atoms with Gasteiger partial charge in [0.1, 0.15) is 28.6 Å². The Morgan fingerprint density at radius 2 is 1.91 bits per heavy atom. The lowest BCUT2D eigenvalue weighted by Crippen LogP contribution is -2.25. The number of allylic oxidation sites excluding steroid dienone is 1. The van der Waals surface area contributed by atoms with E-state index < -0.39 is 11.9 Å². The molecule has 0 fully saturated rings. The lowest BCUT2D eigenvalue weighted by atomic mass is 9.85. The van der Waals surface area contributed by atoms with Crippen molar-refractivity contribution in [3.63, 3.8) is 0 Å². The standard InChI is InChI=1S/C26H16O8/c1-30-13-4-6-19-17(9-13)24(28)18(12-32-19)16-11-22(27)33-20-7-5-15-25(29)21(34-26(15)23(16)20)10-14-3-2-8-31-14/h2-10,12,16H,11H2,1H3/b21-10-. The maximum Gasteiger partial charge on any atom is 0.312 e. The normalized spacial score (nSPS) is 17.9. The SMILES string of the molecule is COc1ccc2occ(C3CC(=O)Oc4ccc5c(c43)O/C(=C\c3ccco3)C5=O)c(=O)c2c1. The number of hydrogen-bond acceptors (Lipinski definition) is 8. The van der Waals surface area contributed by atoms with Gasteiger partial charge in [-0.25, -0.2) is 0 Å². The summed E-state index contributed by atoms with van der Waals surface area (Å²) in [5.74, 6) is -0.0447. The van der Waals surface area contributed by atoms with Crippen molar-refractivity contribution in [2.45, 2.75) is 12.3 Å². The topological polar surface area (TPSA) is 105 Å². The highest BCUT2D eigenvalue weighted by Crippen LogP contribution is 2.48. The first kappa shape index (κ1) is 20.0. The number of benzene rings is 2. The Kier molecular flexibility index (Phi) is 4.41. The molecule has 4 aromatic rings.